The Labute approximate surface area is 100 Å². The van der Waals surface area contributed by atoms with Crippen LogP contribution >= 0.6 is 15.9 Å². The van der Waals surface area contributed by atoms with Crippen LogP contribution in [-0.2, 0) is 0 Å². The molecule has 1 N–H and O–H groups in total. The third-order valence-corrected chi connectivity index (χ3v) is 2.29. The van der Waals surface area contributed by atoms with Gasteiger partial charge in [0.2, 0.25) is 0 Å². The minimum Gasteiger partial charge on any atom is -0.339 e. The summed E-state index contributed by atoms with van der Waals surface area (Å²) in [6.45, 7) is 1.53. The Morgan fingerprint density at radius 2 is 2.00 bits per heavy atom. The molecule has 5 heteroatoms. The number of rotatable bonds is 2. The summed E-state index contributed by atoms with van der Waals surface area (Å²) in [7, 11) is 0. The molecule has 1 amide bonds. The summed E-state index contributed by atoms with van der Waals surface area (Å²) in [5.41, 5.74) is -0.634. The van der Waals surface area contributed by atoms with Gasteiger partial charge >= 0.3 is 0 Å². The van der Waals surface area contributed by atoms with Crippen LogP contribution in [0.25, 0.3) is 0 Å². The maximum absolute atomic E-state index is 13.3. The fourth-order valence-electron chi connectivity index (χ4n) is 1.07. The lowest BCUT2D eigenvalue weighted by molar-refractivity contribution is 0.0939. The fourth-order valence-corrected chi connectivity index (χ4v) is 1.47. The van der Waals surface area contributed by atoms with Crippen molar-refractivity contribution >= 4 is 21.8 Å². The van der Waals surface area contributed by atoms with E-state index in [2.05, 4.69) is 27.2 Å². The molecule has 0 aromatic heterocycles. The summed E-state index contributed by atoms with van der Waals surface area (Å²) in [5, 5.41) is 2.28. The number of terminal acetylenes is 1. The number of amides is 1. The highest BCUT2D eigenvalue weighted by atomic mass is 79.9. The standard InChI is InChI=1S/C11H8BrF2NO/c1-3-6(2)15-11(16)10-8(13)4-7(12)5-9(10)14/h1,4-6H,2H3,(H,15,16). The lowest BCUT2D eigenvalue weighted by atomic mass is 10.1. The predicted molar refractivity (Wildman–Crippen MR) is 59.8 cm³/mol. The Hall–Kier alpha value is -1.41. The van der Waals surface area contributed by atoms with Crippen LogP contribution in [0.5, 0.6) is 0 Å². The molecule has 0 aliphatic rings. The van der Waals surface area contributed by atoms with E-state index in [1.807, 2.05) is 0 Å². The molecule has 0 aliphatic heterocycles. The lowest BCUT2D eigenvalue weighted by Gasteiger charge is -2.09. The molecule has 0 saturated carbocycles. The van der Waals surface area contributed by atoms with Gasteiger partial charge in [-0.05, 0) is 19.1 Å². The zero-order valence-corrected chi connectivity index (χ0v) is 9.94. The van der Waals surface area contributed by atoms with Crippen molar-refractivity contribution in [2.24, 2.45) is 0 Å². The molecule has 1 atom stereocenters. The predicted octanol–water partition coefficient (Wildman–Crippen LogP) is 2.48. The zero-order valence-electron chi connectivity index (χ0n) is 8.35. The SMILES string of the molecule is C#CC(C)NC(=O)c1c(F)cc(Br)cc1F. The van der Waals surface area contributed by atoms with Crippen molar-refractivity contribution in [1.29, 1.82) is 0 Å². The summed E-state index contributed by atoms with van der Waals surface area (Å²) in [6, 6.07) is 1.44. The van der Waals surface area contributed by atoms with Crippen molar-refractivity contribution in [3.05, 3.63) is 33.8 Å². The number of carbonyl (C=O) groups is 1. The summed E-state index contributed by atoms with van der Waals surface area (Å²) in [5.74, 6) is -0.511. The molecule has 0 bridgehead atoms. The summed E-state index contributed by atoms with van der Waals surface area (Å²) in [4.78, 5) is 11.5. The van der Waals surface area contributed by atoms with Gasteiger partial charge in [-0.1, -0.05) is 21.9 Å². The van der Waals surface area contributed by atoms with E-state index in [4.69, 9.17) is 6.42 Å². The van der Waals surface area contributed by atoms with E-state index in [9.17, 15) is 13.6 Å². The van der Waals surface area contributed by atoms with Gasteiger partial charge in [-0.3, -0.25) is 4.79 Å². The molecule has 0 spiro atoms. The van der Waals surface area contributed by atoms with Crippen molar-refractivity contribution in [1.82, 2.24) is 5.32 Å². The molecule has 1 rings (SSSR count). The van der Waals surface area contributed by atoms with Gasteiger partial charge in [-0.15, -0.1) is 6.42 Å². The van der Waals surface area contributed by atoms with Crippen LogP contribution in [-0.4, -0.2) is 11.9 Å². The molecule has 0 fully saturated rings. The van der Waals surface area contributed by atoms with Crippen LogP contribution in [0, 0.1) is 24.0 Å². The third kappa shape index (κ3) is 2.80. The van der Waals surface area contributed by atoms with Crippen LogP contribution in [0.15, 0.2) is 16.6 Å². The average molecular weight is 288 g/mol. The maximum atomic E-state index is 13.3. The molecule has 0 aliphatic carbocycles. The van der Waals surface area contributed by atoms with Gasteiger partial charge in [-0.25, -0.2) is 8.78 Å². The van der Waals surface area contributed by atoms with Gasteiger partial charge in [0, 0.05) is 4.47 Å². The first kappa shape index (κ1) is 12.7. The van der Waals surface area contributed by atoms with Gasteiger partial charge < -0.3 is 5.32 Å². The highest BCUT2D eigenvalue weighted by Crippen LogP contribution is 2.19. The first-order valence-corrected chi connectivity index (χ1v) is 5.16. The number of hydrogen-bond donors (Lipinski definition) is 1. The molecule has 1 aromatic rings. The molecule has 84 valence electrons. The van der Waals surface area contributed by atoms with Crippen LogP contribution in [0.3, 0.4) is 0 Å². The lowest BCUT2D eigenvalue weighted by Crippen LogP contribution is -2.32. The number of carbonyl (C=O) groups excluding carboxylic acids is 1. The molecular weight excluding hydrogens is 280 g/mol. The summed E-state index contributed by atoms with van der Waals surface area (Å²) < 4.78 is 26.9. The average Bonchev–Trinajstić information content (AvgIpc) is 2.15. The van der Waals surface area contributed by atoms with Crippen LogP contribution < -0.4 is 5.32 Å². The summed E-state index contributed by atoms with van der Waals surface area (Å²) >= 11 is 2.92. The topological polar surface area (TPSA) is 29.1 Å². The number of hydrogen-bond acceptors (Lipinski definition) is 1. The molecular formula is C11H8BrF2NO. The second kappa shape index (κ2) is 5.08. The number of halogens is 3. The Morgan fingerprint density at radius 1 is 1.50 bits per heavy atom. The van der Waals surface area contributed by atoms with E-state index in [1.54, 1.807) is 0 Å². The molecule has 1 aromatic carbocycles. The first-order chi connectivity index (χ1) is 7.45. The van der Waals surface area contributed by atoms with E-state index in [0.717, 1.165) is 12.1 Å². The maximum Gasteiger partial charge on any atom is 0.258 e. The van der Waals surface area contributed by atoms with E-state index in [1.165, 1.54) is 6.92 Å². The minimum atomic E-state index is -0.936. The molecule has 2 nitrogen and oxygen atoms in total. The van der Waals surface area contributed by atoms with Crippen molar-refractivity contribution in [2.75, 3.05) is 0 Å². The van der Waals surface area contributed by atoms with Crippen LogP contribution in [0.4, 0.5) is 8.78 Å². The normalized spacial score (nSPS) is 11.7. The van der Waals surface area contributed by atoms with Gasteiger partial charge in [0.1, 0.15) is 17.2 Å². The highest BCUT2D eigenvalue weighted by molar-refractivity contribution is 9.10. The van der Waals surface area contributed by atoms with Gasteiger partial charge in [-0.2, -0.15) is 0 Å². The van der Waals surface area contributed by atoms with E-state index in [-0.39, 0.29) is 4.47 Å². The summed E-state index contributed by atoms with van der Waals surface area (Å²) in [6.07, 6.45) is 5.04. The second-order valence-electron chi connectivity index (χ2n) is 3.11. The number of nitrogens with one attached hydrogen (secondary N) is 1. The van der Waals surface area contributed by atoms with Crippen molar-refractivity contribution in [3.8, 4) is 12.3 Å². The van der Waals surface area contributed by atoms with Crippen LogP contribution in [0.1, 0.15) is 17.3 Å². The largest absolute Gasteiger partial charge is 0.339 e. The van der Waals surface area contributed by atoms with Gasteiger partial charge in [0.25, 0.3) is 5.91 Å². The van der Waals surface area contributed by atoms with E-state index < -0.39 is 29.1 Å². The zero-order chi connectivity index (χ0) is 12.3. The van der Waals surface area contributed by atoms with Crippen molar-refractivity contribution in [3.63, 3.8) is 0 Å². The smallest absolute Gasteiger partial charge is 0.258 e. The Kier molecular flexibility index (Phi) is 4.02. The Bertz CT molecular complexity index is 445. The second-order valence-corrected chi connectivity index (χ2v) is 4.02. The molecule has 0 heterocycles. The van der Waals surface area contributed by atoms with Gasteiger partial charge in [0.15, 0.2) is 0 Å². The first-order valence-electron chi connectivity index (χ1n) is 4.37. The van der Waals surface area contributed by atoms with E-state index in [0.29, 0.717) is 0 Å². The van der Waals surface area contributed by atoms with Gasteiger partial charge in [0.05, 0.1) is 6.04 Å². The van der Waals surface area contributed by atoms with Crippen molar-refractivity contribution in [2.45, 2.75) is 13.0 Å². The van der Waals surface area contributed by atoms with Crippen LogP contribution in [0.2, 0.25) is 0 Å². The Balaban J connectivity index is 3.06. The molecule has 1 unspecified atom stereocenters. The fraction of sp³-hybridized carbons (Fsp3) is 0.182. The quantitative estimate of drug-likeness (QED) is 0.832. The molecule has 0 saturated heterocycles. The molecule has 0 radical (unpaired) electrons. The monoisotopic (exact) mass is 287 g/mol. The highest BCUT2D eigenvalue weighted by Gasteiger charge is 2.19. The third-order valence-electron chi connectivity index (χ3n) is 1.83. The van der Waals surface area contributed by atoms with E-state index >= 15 is 0 Å². The molecule has 16 heavy (non-hydrogen) atoms. The minimum absolute atomic E-state index is 0.226. The Morgan fingerprint density at radius 3 is 2.44 bits per heavy atom. The number of benzene rings is 1. The van der Waals surface area contributed by atoms with Crippen molar-refractivity contribution < 1.29 is 13.6 Å².